The molecular formula is C22H28N4O. The zero-order chi connectivity index (χ0) is 18.7. The molecule has 3 heterocycles. The fraction of sp³-hybridized carbons (Fsp3) is 0.455. The molecule has 2 saturated heterocycles. The standard InChI is InChI=1S/C22H28N4O/c1-24-12-9-22(10-13-24,20-7-3-2-4-8-20)26-16-14-25(15-17-26)21(27)19-6-5-11-23-18-19/h2-8,11,18H,9-10,12-17H2,1H3. The van der Waals surface area contributed by atoms with Gasteiger partial charge in [-0.05, 0) is 50.7 Å². The molecule has 0 atom stereocenters. The summed E-state index contributed by atoms with van der Waals surface area (Å²) in [5, 5.41) is 0. The number of piperazine rings is 1. The largest absolute Gasteiger partial charge is 0.336 e. The first kappa shape index (κ1) is 18.1. The summed E-state index contributed by atoms with van der Waals surface area (Å²) >= 11 is 0. The van der Waals surface area contributed by atoms with Crippen LogP contribution in [0.2, 0.25) is 0 Å². The molecule has 1 aromatic carbocycles. The Morgan fingerprint density at radius 3 is 2.26 bits per heavy atom. The fourth-order valence-electron chi connectivity index (χ4n) is 4.53. The molecule has 142 valence electrons. The predicted octanol–water partition coefficient (Wildman–Crippen LogP) is 2.46. The van der Waals surface area contributed by atoms with E-state index in [-0.39, 0.29) is 11.4 Å². The molecule has 0 N–H and O–H groups in total. The summed E-state index contributed by atoms with van der Waals surface area (Å²) in [6, 6.07) is 14.6. The van der Waals surface area contributed by atoms with Gasteiger partial charge in [0.2, 0.25) is 0 Å². The van der Waals surface area contributed by atoms with E-state index in [9.17, 15) is 4.79 Å². The Bertz CT molecular complexity index is 748. The Kier molecular flexibility index (Phi) is 5.23. The number of carbonyl (C=O) groups excluding carboxylic acids is 1. The molecule has 27 heavy (non-hydrogen) atoms. The zero-order valence-electron chi connectivity index (χ0n) is 16.1. The number of benzene rings is 1. The number of carbonyl (C=O) groups is 1. The number of hydrogen-bond donors (Lipinski definition) is 0. The third kappa shape index (κ3) is 3.62. The lowest BCUT2D eigenvalue weighted by Gasteiger charge is -2.51. The van der Waals surface area contributed by atoms with Crippen molar-refractivity contribution in [3.8, 4) is 0 Å². The normalized spacial score (nSPS) is 21.1. The lowest BCUT2D eigenvalue weighted by atomic mass is 9.79. The number of rotatable bonds is 3. The average Bonchev–Trinajstić information content (AvgIpc) is 2.75. The van der Waals surface area contributed by atoms with Crippen molar-refractivity contribution < 1.29 is 4.79 Å². The van der Waals surface area contributed by atoms with Crippen LogP contribution in [0.3, 0.4) is 0 Å². The van der Waals surface area contributed by atoms with Crippen LogP contribution in [-0.4, -0.2) is 71.9 Å². The Hall–Kier alpha value is -2.24. The summed E-state index contributed by atoms with van der Waals surface area (Å²) in [7, 11) is 2.21. The van der Waals surface area contributed by atoms with E-state index in [1.54, 1.807) is 12.4 Å². The molecule has 0 radical (unpaired) electrons. The van der Waals surface area contributed by atoms with Crippen molar-refractivity contribution in [1.82, 2.24) is 19.7 Å². The van der Waals surface area contributed by atoms with Crippen LogP contribution in [0, 0.1) is 0 Å². The summed E-state index contributed by atoms with van der Waals surface area (Å²) in [5.41, 5.74) is 2.20. The molecule has 1 amide bonds. The summed E-state index contributed by atoms with van der Waals surface area (Å²) in [5.74, 6) is 0.0971. The molecular weight excluding hydrogens is 336 g/mol. The second-order valence-electron chi connectivity index (χ2n) is 7.72. The number of aromatic nitrogens is 1. The van der Waals surface area contributed by atoms with Crippen molar-refractivity contribution in [1.29, 1.82) is 0 Å². The number of likely N-dealkylation sites (tertiary alicyclic amines) is 1. The molecule has 5 heteroatoms. The van der Waals surface area contributed by atoms with Gasteiger partial charge < -0.3 is 9.80 Å². The molecule has 0 saturated carbocycles. The minimum Gasteiger partial charge on any atom is -0.336 e. The number of piperidine rings is 1. The smallest absolute Gasteiger partial charge is 0.255 e. The lowest BCUT2D eigenvalue weighted by Crippen LogP contribution is -2.59. The van der Waals surface area contributed by atoms with Crippen LogP contribution >= 0.6 is 0 Å². The highest BCUT2D eigenvalue weighted by Gasteiger charge is 2.42. The molecule has 2 fully saturated rings. The van der Waals surface area contributed by atoms with E-state index in [2.05, 4.69) is 52.2 Å². The molecule has 1 aromatic heterocycles. The van der Waals surface area contributed by atoms with Crippen LogP contribution in [-0.2, 0) is 5.54 Å². The zero-order valence-corrected chi connectivity index (χ0v) is 16.1. The van der Waals surface area contributed by atoms with Gasteiger partial charge >= 0.3 is 0 Å². The first-order valence-electron chi connectivity index (χ1n) is 9.87. The maximum Gasteiger partial charge on any atom is 0.255 e. The van der Waals surface area contributed by atoms with Crippen molar-refractivity contribution >= 4 is 5.91 Å². The number of amides is 1. The highest BCUT2D eigenvalue weighted by atomic mass is 16.2. The maximum absolute atomic E-state index is 12.7. The van der Waals surface area contributed by atoms with Gasteiger partial charge in [-0.15, -0.1) is 0 Å². The first-order valence-corrected chi connectivity index (χ1v) is 9.87. The van der Waals surface area contributed by atoms with E-state index in [0.717, 1.165) is 52.1 Å². The van der Waals surface area contributed by atoms with Crippen molar-refractivity contribution in [2.75, 3.05) is 46.3 Å². The van der Waals surface area contributed by atoms with Gasteiger partial charge in [0.25, 0.3) is 5.91 Å². The predicted molar refractivity (Wildman–Crippen MR) is 107 cm³/mol. The van der Waals surface area contributed by atoms with Gasteiger partial charge in [-0.1, -0.05) is 30.3 Å². The molecule has 2 aliphatic heterocycles. The highest BCUT2D eigenvalue weighted by Crippen LogP contribution is 2.39. The van der Waals surface area contributed by atoms with Crippen molar-refractivity contribution in [2.45, 2.75) is 18.4 Å². The molecule has 0 unspecified atom stereocenters. The van der Waals surface area contributed by atoms with E-state index in [0.29, 0.717) is 5.56 Å². The van der Waals surface area contributed by atoms with E-state index in [4.69, 9.17) is 0 Å². The third-order valence-electron chi connectivity index (χ3n) is 6.21. The molecule has 0 aliphatic carbocycles. The van der Waals surface area contributed by atoms with Crippen molar-refractivity contribution in [3.63, 3.8) is 0 Å². The minimum atomic E-state index is 0.0945. The SMILES string of the molecule is CN1CCC(c2ccccc2)(N2CCN(C(=O)c3cccnc3)CC2)CC1. The first-order chi connectivity index (χ1) is 13.2. The van der Waals surface area contributed by atoms with Gasteiger partial charge in [0.15, 0.2) is 0 Å². The van der Waals surface area contributed by atoms with Crippen LogP contribution < -0.4 is 0 Å². The quantitative estimate of drug-likeness (QED) is 0.839. The van der Waals surface area contributed by atoms with E-state index < -0.39 is 0 Å². The molecule has 0 bridgehead atoms. The van der Waals surface area contributed by atoms with Gasteiger partial charge in [0, 0.05) is 44.1 Å². The summed E-state index contributed by atoms with van der Waals surface area (Å²) in [6.45, 7) is 5.62. The van der Waals surface area contributed by atoms with Gasteiger partial charge in [-0.25, -0.2) is 0 Å². The number of hydrogen-bond acceptors (Lipinski definition) is 4. The topological polar surface area (TPSA) is 39.7 Å². The van der Waals surface area contributed by atoms with E-state index >= 15 is 0 Å². The van der Waals surface area contributed by atoms with Gasteiger partial charge in [-0.3, -0.25) is 14.7 Å². The summed E-state index contributed by atoms with van der Waals surface area (Å²) in [6.07, 6.45) is 5.66. The third-order valence-corrected chi connectivity index (χ3v) is 6.21. The van der Waals surface area contributed by atoms with Crippen LogP contribution in [0.4, 0.5) is 0 Å². The highest BCUT2D eigenvalue weighted by molar-refractivity contribution is 5.93. The monoisotopic (exact) mass is 364 g/mol. The van der Waals surface area contributed by atoms with Crippen LogP contribution in [0.15, 0.2) is 54.9 Å². The Labute approximate surface area is 161 Å². The van der Waals surface area contributed by atoms with E-state index in [1.807, 2.05) is 17.0 Å². The van der Waals surface area contributed by atoms with Crippen molar-refractivity contribution in [3.05, 3.63) is 66.0 Å². The number of nitrogens with zero attached hydrogens (tertiary/aromatic N) is 4. The average molecular weight is 364 g/mol. The Morgan fingerprint density at radius 2 is 1.63 bits per heavy atom. The van der Waals surface area contributed by atoms with Crippen LogP contribution in [0.5, 0.6) is 0 Å². The lowest BCUT2D eigenvalue weighted by molar-refractivity contribution is -0.00753. The summed E-state index contributed by atoms with van der Waals surface area (Å²) < 4.78 is 0. The second-order valence-corrected chi connectivity index (χ2v) is 7.72. The maximum atomic E-state index is 12.7. The minimum absolute atomic E-state index is 0.0945. The molecule has 2 aromatic rings. The fourth-order valence-corrected chi connectivity index (χ4v) is 4.53. The van der Waals surface area contributed by atoms with E-state index in [1.165, 1.54) is 5.56 Å². The molecule has 4 rings (SSSR count). The van der Waals surface area contributed by atoms with Crippen LogP contribution in [0.25, 0.3) is 0 Å². The van der Waals surface area contributed by atoms with Gasteiger partial charge in [0.1, 0.15) is 0 Å². The second kappa shape index (κ2) is 7.79. The molecule has 0 spiro atoms. The molecule has 2 aliphatic rings. The Balaban J connectivity index is 1.50. The Morgan fingerprint density at radius 1 is 0.926 bits per heavy atom. The van der Waals surface area contributed by atoms with Crippen molar-refractivity contribution in [2.24, 2.45) is 0 Å². The van der Waals surface area contributed by atoms with Gasteiger partial charge in [-0.2, -0.15) is 0 Å². The van der Waals surface area contributed by atoms with Crippen LogP contribution in [0.1, 0.15) is 28.8 Å². The summed E-state index contributed by atoms with van der Waals surface area (Å²) in [4.78, 5) is 23.8. The van der Waals surface area contributed by atoms with Gasteiger partial charge in [0.05, 0.1) is 5.56 Å². The number of pyridine rings is 1. The molecule has 5 nitrogen and oxygen atoms in total.